The molecule has 0 aromatic heterocycles. The molecule has 0 saturated carbocycles. The van der Waals surface area contributed by atoms with Gasteiger partial charge in [0.2, 0.25) is 0 Å². The van der Waals surface area contributed by atoms with Crippen LogP contribution in [-0.4, -0.2) is 0 Å². The van der Waals surface area contributed by atoms with Crippen LogP contribution in [0, 0.1) is 13.8 Å². The first-order valence-corrected chi connectivity index (χ1v) is 9.38. The van der Waals surface area contributed by atoms with E-state index in [4.69, 9.17) is 0 Å². The second-order valence-corrected chi connectivity index (χ2v) is 7.25. The average molecular weight is 347 g/mol. The van der Waals surface area contributed by atoms with Crippen molar-refractivity contribution >= 4 is 17.1 Å². The third-order valence-corrected chi connectivity index (χ3v) is 5.35. The monoisotopic (exact) mass is 347 g/mol. The van der Waals surface area contributed by atoms with Crippen molar-refractivity contribution in [2.45, 2.75) is 13.8 Å². The summed E-state index contributed by atoms with van der Waals surface area (Å²) >= 11 is 0. The zero-order chi connectivity index (χ0) is 18.4. The number of fused-ring (bicyclic) bond motifs is 4. The maximum atomic E-state index is 2.37. The second-order valence-electron chi connectivity index (χ2n) is 7.25. The highest BCUT2D eigenvalue weighted by Gasteiger charge is 2.27. The minimum Gasteiger partial charge on any atom is -0.310 e. The standard InChI is InChI=1S/C26H21N/c1-18-10-14-20(15-11-18)27(21-16-12-19(2)13-17-21)25-9-5-8-24-22-6-3-4-7-23(22)26(24)25/h3-17H,1-2H3. The summed E-state index contributed by atoms with van der Waals surface area (Å²) in [4.78, 5) is 2.37. The van der Waals surface area contributed by atoms with E-state index in [-0.39, 0.29) is 0 Å². The molecule has 4 aromatic rings. The molecule has 5 rings (SSSR count). The molecular formula is C26H21N. The Balaban J connectivity index is 1.72. The molecule has 1 aliphatic carbocycles. The molecule has 0 heterocycles. The maximum Gasteiger partial charge on any atom is 0.0546 e. The molecule has 1 nitrogen and oxygen atoms in total. The summed E-state index contributed by atoms with van der Waals surface area (Å²) < 4.78 is 0. The van der Waals surface area contributed by atoms with Crippen LogP contribution in [0.15, 0.2) is 91.0 Å². The fraction of sp³-hybridized carbons (Fsp3) is 0.0769. The van der Waals surface area contributed by atoms with Crippen molar-refractivity contribution in [1.82, 2.24) is 0 Å². The number of hydrogen-bond acceptors (Lipinski definition) is 1. The van der Waals surface area contributed by atoms with E-state index in [0.29, 0.717) is 0 Å². The highest BCUT2D eigenvalue weighted by Crippen LogP contribution is 2.53. The van der Waals surface area contributed by atoms with Crippen molar-refractivity contribution in [2.24, 2.45) is 0 Å². The molecule has 0 spiro atoms. The van der Waals surface area contributed by atoms with Crippen LogP contribution in [0.25, 0.3) is 22.3 Å². The SMILES string of the molecule is Cc1ccc(N(c2ccc(C)cc2)c2cccc3c2-c2ccccc2-3)cc1. The third kappa shape index (κ3) is 2.55. The zero-order valence-corrected chi connectivity index (χ0v) is 15.6. The van der Waals surface area contributed by atoms with E-state index in [1.165, 1.54) is 50.4 Å². The van der Waals surface area contributed by atoms with E-state index in [0.717, 1.165) is 0 Å². The Labute approximate surface area is 160 Å². The topological polar surface area (TPSA) is 3.24 Å². The molecule has 1 heteroatoms. The highest BCUT2D eigenvalue weighted by atomic mass is 15.1. The van der Waals surface area contributed by atoms with Gasteiger partial charge in [-0.3, -0.25) is 0 Å². The van der Waals surface area contributed by atoms with E-state index in [9.17, 15) is 0 Å². The molecule has 0 unspecified atom stereocenters. The lowest BCUT2D eigenvalue weighted by molar-refractivity contribution is 1.26. The number of aryl methyl sites for hydroxylation is 2. The fourth-order valence-electron chi connectivity index (χ4n) is 3.92. The van der Waals surface area contributed by atoms with Crippen LogP contribution < -0.4 is 4.90 Å². The number of rotatable bonds is 3. The summed E-state index contributed by atoms with van der Waals surface area (Å²) in [5, 5.41) is 0. The van der Waals surface area contributed by atoms with Gasteiger partial charge in [0.15, 0.2) is 0 Å². The van der Waals surface area contributed by atoms with Crippen molar-refractivity contribution in [3.63, 3.8) is 0 Å². The van der Waals surface area contributed by atoms with Crippen LogP contribution in [0.2, 0.25) is 0 Å². The van der Waals surface area contributed by atoms with E-state index in [2.05, 4.69) is 110 Å². The Morgan fingerprint density at radius 1 is 0.481 bits per heavy atom. The molecule has 1 aliphatic rings. The smallest absolute Gasteiger partial charge is 0.0546 e. The lowest BCUT2D eigenvalue weighted by Crippen LogP contribution is -2.13. The first-order chi connectivity index (χ1) is 13.2. The molecule has 0 fully saturated rings. The summed E-state index contributed by atoms with van der Waals surface area (Å²) in [5.74, 6) is 0. The molecular weight excluding hydrogens is 326 g/mol. The van der Waals surface area contributed by atoms with Crippen molar-refractivity contribution in [3.8, 4) is 22.3 Å². The van der Waals surface area contributed by atoms with Gasteiger partial charge in [0.1, 0.15) is 0 Å². The van der Waals surface area contributed by atoms with E-state index >= 15 is 0 Å². The lowest BCUT2D eigenvalue weighted by Gasteiger charge is -2.33. The fourth-order valence-corrected chi connectivity index (χ4v) is 3.92. The Hall–Kier alpha value is -3.32. The van der Waals surface area contributed by atoms with Crippen molar-refractivity contribution in [1.29, 1.82) is 0 Å². The Morgan fingerprint density at radius 2 is 1.00 bits per heavy atom. The average Bonchev–Trinajstić information content (AvgIpc) is 2.69. The van der Waals surface area contributed by atoms with Gasteiger partial charge < -0.3 is 4.90 Å². The molecule has 4 aromatic carbocycles. The van der Waals surface area contributed by atoms with Gasteiger partial charge in [0.05, 0.1) is 5.69 Å². The molecule has 0 amide bonds. The lowest BCUT2D eigenvalue weighted by atomic mass is 9.79. The minimum absolute atomic E-state index is 1.18. The van der Waals surface area contributed by atoms with Gasteiger partial charge in [0.25, 0.3) is 0 Å². The molecule has 27 heavy (non-hydrogen) atoms. The quantitative estimate of drug-likeness (QED) is 0.328. The number of nitrogens with zero attached hydrogens (tertiary/aromatic N) is 1. The molecule has 0 atom stereocenters. The Bertz CT molecular complexity index is 1080. The summed E-state index contributed by atoms with van der Waals surface area (Å²) in [6, 6.07) is 32.9. The van der Waals surface area contributed by atoms with Crippen molar-refractivity contribution in [3.05, 3.63) is 102 Å². The van der Waals surface area contributed by atoms with E-state index < -0.39 is 0 Å². The van der Waals surface area contributed by atoms with Crippen molar-refractivity contribution in [2.75, 3.05) is 4.90 Å². The predicted octanol–water partition coefficient (Wildman–Crippen LogP) is 7.42. The van der Waals surface area contributed by atoms with Crippen molar-refractivity contribution < 1.29 is 0 Å². The summed E-state index contributed by atoms with van der Waals surface area (Å²) in [6.07, 6.45) is 0. The summed E-state index contributed by atoms with van der Waals surface area (Å²) in [7, 11) is 0. The number of hydrogen-bond donors (Lipinski definition) is 0. The van der Waals surface area contributed by atoms with E-state index in [1.807, 2.05) is 0 Å². The van der Waals surface area contributed by atoms with Gasteiger partial charge in [-0.1, -0.05) is 71.8 Å². The van der Waals surface area contributed by atoms with Crippen LogP contribution in [0.1, 0.15) is 11.1 Å². The third-order valence-electron chi connectivity index (χ3n) is 5.35. The van der Waals surface area contributed by atoms with Crippen LogP contribution in [0.4, 0.5) is 17.1 Å². The predicted molar refractivity (Wildman–Crippen MR) is 115 cm³/mol. The van der Waals surface area contributed by atoms with Gasteiger partial charge in [-0.15, -0.1) is 0 Å². The van der Waals surface area contributed by atoms with Crippen LogP contribution >= 0.6 is 0 Å². The van der Waals surface area contributed by atoms with Gasteiger partial charge in [-0.2, -0.15) is 0 Å². The Morgan fingerprint density at radius 3 is 1.59 bits per heavy atom. The molecule has 0 aliphatic heterocycles. The van der Waals surface area contributed by atoms with Gasteiger partial charge in [0, 0.05) is 16.9 Å². The van der Waals surface area contributed by atoms with Gasteiger partial charge in [-0.05, 0) is 60.9 Å². The van der Waals surface area contributed by atoms with Crippen LogP contribution in [0.5, 0.6) is 0 Å². The molecule has 130 valence electrons. The summed E-state index contributed by atoms with van der Waals surface area (Å²) in [6.45, 7) is 4.26. The van der Waals surface area contributed by atoms with Crippen LogP contribution in [0.3, 0.4) is 0 Å². The molecule has 0 radical (unpaired) electrons. The molecule has 0 bridgehead atoms. The summed E-state index contributed by atoms with van der Waals surface area (Å²) in [5.41, 5.74) is 11.5. The molecule has 0 saturated heterocycles. The number of benzene rings is 4. The van der Waals surface area contributed by atoms with Gasteiger partial charge >= 0.3 is 0 Å². The van der Waals surface area contributed by atoms with E-state index in [1.54, 1.807) is 0 Å². The second kappa shape index (κ2) is 6.14. The van der Waals surface area contributed by atoms with Crippen LogP contribution in [-0.2, 0) is 0 Å². The Kier molecular flexibility index (Phi) is 3.61. The molecule has 0 N–H and O–H groups in total. The normalized spacial score (nSPS) is 11.3. The first-order valence-electron chi connectivity index (χ1n) is 9.38. The first kappa shape index (κ1) is 15.9. The maximum absolute atomic E-state index is 2.37. The highest BCUT2D eigenvalue weighted by molar-refractivity contribution is 6.09. The van der Waals surface area contributed by atoms with Gasteiger partial charge in [-0.25, -0.2) is 0 Å². The zero-order valence-electron chi connectivity index (χ0n) is 15.6. The number of anilines is 3. The largest absolute Gasteiger partial charge is 0.310 e. The minimum atomic E-state index is 1.18.